The van der Waals surface area contributed by atoms with E-state index in [9.17, 15) is 0 Å². The summed E-state index contributed by atoms with van der Waals surface area (Å²) in [4.78, 5) is 10.8. The van der Waals surface area contributed by atoms with Crippen molar-refractivity contribution >= 4 is 5.96 Å². The van der Waals surface area contributed by atoms with Gasteiger partial charge in [-0.05, 0) is 19.3 Å². The van der Waals surface area contributed by atoms with Crippen molar-refractivity contribution < 1.29 is 4.52 Å². The second-order valence-electron chi connectivity index (χ2n) is 6.73. The van der Waals surface area contributed by atoms with E-state index in [2.05, 4.69) is 52.7 Å². The fourth-order valence-corrected chi connectivity index (χ4v) is 2.09. The van der Waals surface area contributed by atoms with Crippen molar-refractivity contribution in [2.75, 3.05) is 20.6 Å². The standard InChI is InChI=1S/C17H31N5O/c1-7-8-9-10-11-12-22(6)16(18-5)19-13-14-20-15(23-21-14)17(2,3)4/h7H,1,8-13H2,2-6H3,(H,18,19). The third-order valence-electron chi connectivity index (χ3n) is 3.49. The summed E-state index contributed by atoms with van der Waals surface area (Å²) < 4.78 is 5.30. The molecule has 0 bridgehead atoms. The maximum atomic E-state index is 5.30. The smallest absolute Gasteiger partial charge is 0.232 e. The largest absolute Gasteiger partial charge is 0.349 e. The first-order valence-corrected chi connectivity index (χ1v) is 8.24. The van der Waals surface area contributed by atoms with Crippen LogP contribution in [0, 0.1) is 0 Å². The molecular weight excluding hydrogens is 290 g/mol. The zero-order valence-electron chi connectivity index (χ0n) is 15.2. The van der Waals surface area contributed by atoms with Crippen molar-refractivity contribution in [1.29, 1.82) is 0 Å². The van der Waals surface area contributed by atoms with Gasteiger partial charge in [-0.1, -0.05) is 38.4 Å². The Kier molecular flexibility index (Phi) is 7.78. The Labute approximate surface area is 140 Å². The van der Waals surface area contributed by atoms with Crippen LogP contribution in [0.3, 0.4) is 0 Å². The van der Waals surface area contributed by atoms with E-state index in [0.29, 0.717) is 18.3 Å². The van der Waals surface area contributed by atoms with Gasteiger partial charge in [-0.3, -0.25) is 4.99 Å². The molecule has 0 amide bonds. The summed E-state index contributed by atoms with van der Waals surface area (Å²) >= 11 is 0. The fourth-order valence-electron chi connectivity index (χ4n) is 2.09. The number of aliphatic imine (C=N–C) groups is 1. The van der Waals surface area contributed by atoms with Gasteiger partial charge < -0.3 is 14.7 Å². The molecule has 0 spiro atoms. The summed E-state index contributed by atoms with van der Waals surface area (Å²) in [5.74, 6) is 2.14. The summed E-state index contributed by atoms with van der Waals surface area (Å²) in [5, 5.41) is 7.29. The van der Waals surface area contributed by atoms with Gasteiger partial charge in [0.05, 0.1) is 6.54 Å². The lowest BCUT2D eigenvalue weighted by atomic mass is 9.97. The maximum absolute atomic E-state index is 5.30. The first-order chi connectivity index (χ1) is 10.9. The molecule has 6 heteroatoms. The zero-order chi connectivity index (χ0) is 17.3. The van der Waals surface area contributed by atoms with Crippen molar-refractivity contribution in [3.05, 3.63) is 24.4 Å². The van der Waals surface area contributed by atoms with E-state index < -0.39 is 0 Å². The van der Waals surface area contributed by atoms with Crippen LogP contribution in [-0.2, 0) is 12.0 Å². The first-order valence-electron chi connectivity index (χ1n) is 8.24. The molecule has 0 aliphatic rings. The van der Waals surface area contributed by atoms with Crippen LogP contribution in [0.5, 0.6) is 0 Å². The van der Waals surface area contributed by atoms with Crippen LogP contribution in [0.4, 0.5) is 0 Å². The summed E-state index contributed by atoms with van der Waals surface area (Å²) in [5.41, 5.74) is -0.130. The quantitative estimate of drug-likeness (QED) is 0.345. The Morgan fingerprint density at radius 2 is 2.09 bits per heavy atom. The predicted molar refractivity (Wildman–Crippen MR) is 94.5 cm³/mol. The highest BCUT2D eigenvalue weighted by molar-refractivity contribution is 5.79. The number of aromatic nitrogens is 2. The molecule has 1 aromatic heterocycles. The molecule has 1 aromatic rings. The van der Waals surface area contributed by atoms with Gasteiger partial charge in [0.1, 0.15) is 0 Å². The van der Waals surface area contributed by atoms with Crippen LogP contribution in [0.1, 0.15) is 58.2 Å². The minimum Gasteiger partial charge on any atom is -0.349 e. The van der Waals surface area contributed by atoms with Gasteiger partial charge in [-0.15, -0.1) is 6.58 Å². The van der Waals surface area contributed by atoms with E-state index in [4.69, 9.17) is 4.52 Å². The minimum absolute atomic E-state index is 0.130. The SMILES string of the molecule is C=CCCCCCN(C)C(=NC)NCc1noc(C(C)(C)C)n1. The molecule has 0 aromatic carbocycles. The van der Waals surface area contributed by atoms with Crippen LogP contribution in [-0.4, -0.2) is 41.6 Å². The molecule has 0 saturated heterocycles. The van der Waals surface area contributed by atoms with E-state index in [1.165, 1.54) is 12.8 Å². The normalized spacial score (nSPS) is 12.3. The number of hydrogen-bond acceptors (Lipinski definition) is 4. The Morgan fingerprint density at radius 3 is 2.65 bits per heavy atom. The number of guanidine groups is 1. The summed E-state index contributed by atoms with van der Waals surface area (Å²) in [6.45, 7) is 11.4. The van der Waals surface area contributed by atoms with Crippen LogP contribution in [0.15, 0.2) is 22.2 Å². The molecule has 0 fully saturated rings. The third kappa shape index (κ3) is 6.84. The Hall–Kier alpha value is -1.85. The van der Waals surface area contributed by atoms with Gasteiger partial charge >= 0.3 is 0 Å². The van der Waals surface area contributed by atoms with E-state index in [0.717, 1.165) is 25.3 Å². The molecule has 0 radical (unpaired) electrons. The van der Waals surface area contributed by atoms with E-state index in [-0.39, 0.29) is 5.41 Å². The van der Waals surface area contributed by atoms with Crippen molar-refractivity contribution in [2.45, 2.75) is 58.4 Å². The lowest BCUT2D eigenvalue weighted by Gasteiger charge is -2.21. The summed E-state index contributed by atoms with van der Waals surface area (Å²) in [7, 11) is 3.83. The number of nitrogens with one attached hydrogen (secondary N) is 1. The topological polar surface area (TPSA) is 66.5 Å². The predicted octanol–water partition coefficient (Wildman–Crippen LogP) is 3.12. The molecular formula is C17H31N5O. The van der Waals surface area contributed by atoms with E-state index >= 15 is 0 Å². The van der Waals surface area contributed by atoms with Crippen LogP contribution < -0.4 is 5.32 Å². The molecule has 23 heavy (non-hydrogen) atoms. The van der Waals surface area contributed by atoms with Crippen molar-refractivity contribution in [1.82, 2.24) is 20.4 Å². The number of unbranched alkanes of at least 4 members (excludes halogenated alkanes) is 3. The second-order valence-corrected chi connectivity index (χ2v) is 6.73. The Morgan fingerprint density at radius 1 is 1.35 bits per heavy atom. The van der Waals surface area contributed by atoms with Crippen molar-refractivity contribution in [2.24, 2.45) is 4.99 Å². The number of nitrogens with zero attached hydrogens (tertiary/aromatic N) is 4. The molecule has 6 nitrogen and oxygen atoms in total. The molecule has 0 aliphatic carbocycles. The van der Waals surface area contributed by atoms with Crippen molar-refractivity contribution in [3.63, 3.8) is 0 Å². The summed E-state index contributed by atoms with van der Waals surface area (Å²) in [6.07, 6.45) is 6.60. The summed E-state index contributed by atoms with van der Waals surface area (Å²) in [6, 6.07) is 0. The molecule has 0 saturated carbocycles. The molecule has 0 atom stereocenters. The van der Waals surface area contributed by atoms with E-state index in [1.807, 2.05) is 13.1 Å². The van der Waals surface area contributed by atoms with Crippen LogP contribution in [0.25, 0.3) is 0 Å². The van der Waals surface area contributed by atoms with Gasteiger partial charge in [-0.2, -0.15) is 4.98 Å². The molecule has 130 valence electrons. The lowest BCUT2D eigenvalue weighted by molar-refractivity contribution is 0.318. The van der Waals surface area contributed by atoms with Crippen molar-refractivity contribution in [3.8, 4) is 0 Å². The highest BCUT2D eigenvalue weighted by Gasteiger charge is 2.21. The third-order valence-corrected chi connectivity index (χ3v) is 3.49. The molecule has 1 heterocycles. The van der Waals surface area contributed by atoms with Crippen LogP contribution >= 0.6 is 0 Å². The maximum Gasteiger partial charge on any atom is 0.232 e. The van der Waals surface area contributed by atoms with Gasteiger partial charge in [-0.25, -0.2) is 0 Å². The molecule has 0 aliphatic heterocycles. The van der Waals surface area contributed by atoms with Gasteiger partial charge in [0.25, 0.3) is 0 Å². The highest BCUT2D eigenvalue weighted by atomic mass is 16.5. The second kappa shape index (κ2) is 9.33. The Balaban J connectivity index is 2.41. The van der Waals surface area contributed by atoms with Gasteiger partial charge in [0.2, 0.25) is 5.89 Å². The fraction of sp³-hybridized carbons (Fsp3) is 0.706. The minimum atomic E-state index is -0.130. The molecule has 0 unspecified atom stereocenters. The lowest BCUT2D eigenvalue weighted by Crippen LogP contribution is -2.39. The molecule has 1 N–H and O–H groups in total. The number of rotatable bonds is 8. The number of allylic oxidation sites excluding steroid dienone is 1. The average Bonchev–Trinajstić information content (AvgIpc) is 2.96. The first kappa shape index (κ1) is 19.2. The number of hydrogen-bond donors (Lipinski definition) is 1. The molecule has 1 rings (SSSR count). The highest BCUT2D eigenvalue weighted by Crippen LogP contribution is 2.19. The average molecular weight is 321 g/mol. The zero-order valence-corrected chi connectivity index (χ0v) is 15.2. The monoisotopic (exact) mass is 321 g/mol. The van der Waals surface area contributed by atoms with E-state index in [1.54, 1.807) is 7.05 Å². The van der Waals surface area contributed by atoms with Gasteiger partial charge in [0, 0.05) is 26.1 Å². The Bertz CT molecular complexity index is 501. The van der Waals surface area contributed by atoms with Gasteiger partial charge in [0.15, 0.2) is 11.8 Å². The van der Waals surface area contributed by atoms with Crippen LogP contribution in [0.2, 0.25) is 0 Å².